The molecule has 1 N–H and O–H groups in total. The molecule has 1 aromatic heterocycles. The summed E-state index contributed by atoms with van der Waals surface area (Å²) in [5.41, 5.74) is -1.21. The van der Waals surface area contributed by atoms with E-state index >= 15 is 0 Å². The first-order valence-electron chi connectivity index (χ1n) is 4.91. The SMILES string of the molecule is CN(C)C=C(C(=O)O)C(=O)c1cc(I)c(F)nc1F. The molecule has 5 nitrogen and oxygen atoms in total. The molecule has 1 heterocycles. The van der Waals surface area contributed by atoms with Crippen LogP contribution in [0.15, 0.2) is 17.8 Å². The van der Waals surface area contributed by atoms with Crippen molar-refractivity contribution in [3.8, 4) is 0 Å². The fourth-order valence-electron chi connectivity index (χ4n) is 1.22. The number of aliphatic carboxylic acids is 1. The van der Waals surface area contributed by atoms with Gasteiger partial charge in [-0.15, -0.1) is 0 Å². The van der Waals surface area contributed by atoms with Gasteiger partial charge in [-0.25, -0.2) is 4.79 Å². The smallest absolute Gasteiger partial charge is 0.341 e. The molecule has 19 heavy (non-hydrogen) atoms. The highest BCUT2D eigenvalue weighted by Crippen LogP contribution is 2.17. The molecular formula is C11H9F2IN2O3. The van der Waals surface area contributed by atoms with Gasteiger partial charge in [0.15, 0.2) is 0 Å². The number of aromatic nitrogens is 1. The second-order valence-electron chi connectivity index (χ2n) is 3.74. The number of hydrogen-bond acceptors (Lipinski definition) is 4. The Morgan fingerprint density at radius 1 is 1.37 bits per heavy atom. The summed E-state index contributed by atoms with van der Waals surface area (Å²) in [6, 6.07) is 0.924. The summed E-state index contributed by atoms with van der Waals surface area (Å²) in [7, 11) is 3.03. The largest absolute Gasteiger partial charge is 0.477 e. The van der Waals surface area contributed by atoms with Crippen LogP contribution < -0.4 is 0 Å². The van der Waals surface area contributed by atoms with E-state index in [0.717, 1.165) is 12.3 Å². The van der Waals surface area contributed by atoms with Crippen molar-refractivity contribution in [1.29, 1.82) is 0 Å². The standard InChI is InChI=1S/C11H9F2IN2O3/c1-16(2)4-6(11(18)19)8(17)5-3-7(14)10(13)15-9(5)12/h3-4H,1-2H3,(H,18,19). The van der Waals surface area contributed by atoms with Crippen LogP contribution in [0.3, 0.4) is 0 Å². The number of carboxylic acids is 1. The van der Waals surface area contributed by atoms with Crippen molar-refractivity contribution >= 4 is 34.3 Å². The Labute approximate surface area is 121 Å². The minimum Gasteiger partial charge on any atom is -0.477 e. The Morgan fingerprint density at radius 2 is 1.95 bits per heavy atom. The van der Waals surface area contributed by atoms with Crippen molar-refractivity contribution in [3.63, 3.8) is 0 Å². The van der Waals surface area contributed by atoms with Crippen LogP contribution in [0.25, 0.3) is 0 Å². The Kier molecular flexibility index (Phi) is 4.92. The van der Waals surface area contributed by atoms with E-state index in [2.05, 4.69) is 4.98 Å². The maximum Gasteiger partial charge on any atom is 0.341 e. The quantitative estimate of drug-likeness (QED) is 0.214. The molecule has 0 aliphatic rings. The monoisotopic (exact) mass is 382 g/mol. The highest BCUT2D eigenvalue weighted by Gasteiger charge is 2.24. The molecule has 8 heteroatoms. The van der Waals surface area contributed by atoms with E-state index < -0.39 is 34.8 Å². The van der Waals surface area contributed by atoms with Gasteiger partial charge in [0.2, 0.25) is 17.7 Å². The molecule has 0 unspecified atom stereocenters. The van der Waals surface area contributed by atoms with E-state index in [1.54, 1.807) is 0 Å². The molecule has 0 fully saturated rings. The normalized spacial score (nSPS) is 11.3. The van der Waals surface area contributed by atoms with Gasteiger partial charge in [-0.2, -0.15) is 13.8 Å². The summed E-state index contributed by atoms with van der Waals surface area (Å²) < 4.78 is 26.3. The van der Waals surface area contributed by atoms with Crippen LogP contribution in [-0.4, -0.2) is 40.8 Å². The Balaban J connectivity index is 3.33. The minimum absolute atomic E-state index is 0.0723. The molecule has 0 saturated heterocycles. The fraction of sp³-hybridized carbons (Fsp3) is 0.182. The lowest BCUT2D eigenvalue weighted by atomic mass is 10.1. The molecule has 102 valence electrons. The van der Waals surface area contributed by atoms with Crippen LogP contribution in [0.1, 0.15) is 10.4 Å². The first-order chi connectivity index (χ1) is 8.73. The van der Waals surface area contributed by atoms with Crippen LogP contribution in [-0.2, 0) is 4.79 Å². The molecule has 0 atom stereocenters. The molecule has 0 aliphatic carbocycles. The Hall–Kier alpha value is -1.58. The molecule has 0 amide bonds. The fourth-order valence-corrected chi connectivity index (χ4v) is 1.65. The second kappa shape index (κ2) is 6.04. The van der Waals surface area contributed by atoms with E-state index in [0.29, 0.717) is 0 Å². The third-order valence-electron chi connectivity index (χ3n) is 1.99. The van der Waals surface area contributed by atoms with Crippen LogP contribution in [0.2, 0.25) is 0 Å². The first-order valence-corrected chi connectivity index (χ1v) is 5.99. The van der Waals surface area contributed by atoms with Crippen molar-refractivity contribution in [2.24, 2.45) is 0 Å². The number of nitrogens with zero attached hydrogens (tertiary/aromatic N) is 2. The Morgan fingerprint density at radius 3 is 2.42 bits per heavy atom. The van der Waals surface area contributed by atoms with Gasteiger partial charge in [-0.3, -0.25) is 4.79 Å². The maximum atomic E-state index is 13.4. The maximum absolute atomic E-state index is 13.4. The summed E-state index contributed by atoms with van der Waals surface area (Å²) in [5, 5.41) is 8.93. The number of ketones is 1. The molecular weight excluding hydrogens is 373 g/mol. The Bertz CT molecular complexity index is 573. The molecule has 0 aromatic carbocycles. The number of rotatable bonds is 4. The minimum atomic E-state index is -1.50. The van der Waals surface area contributed by atoms with Crippen molar-refractivity contribution in [2.75, 3.05) is 14.1 Å². The lowest BCUT2D eigenvalue weighted by Crippen LogP contribution is -2.18. The van der Waals surface area contributed by atoms with E-state index in [1.807, 2.05) is 0 Å². The lowest BCUT2D eigenvalue weighted by Gasteiger charge is -2.08. The van der Waals surface area contributed by atoms with Gasteiger partial charge in [-0.05, 0) is 28.7 Å². The predicted molar refractivity (Wildman–Crippen MR) is 70.6 cm³/mol. The van der Waals surface area contributed by atoms with Crippen LogP contribution in [0, 0.1) is 15.5 Å². The number of pyridine rings is 1. The average Bonchev–Trinajstić information content (AvgIpc) is 2.29. The van der Waals surface area contributed by atoms with Crippen molar-refractivity contribution in [3.05, 3.63) is 38.9 Å². The molecule has 0 spiro atoms. The topological polar surface area (TPSA) is 70.5 Å². The highest BCUT2D eigenvalue weighted by atomic mass is 127. The molecule has 0 radical (unpaired) electrons. The first kappa shape index (κ1) is 15.5. The predicted octanol–water partition coefficient (Wildman–Crippen LogP) is 1.68. The van der Waals surface area contributed by atoms with Gasteiger partial charge >= 0.3 is 5.97 Å². The highest BCUT2D eigenvalue weighted by molar-refractivity contribution is 14.1. The zero-order valence-corrected chi connectivity index (χ0v) is 12.1. The summed E-state index contributed by atoms with van der Waals surface area (Å²) in [6.45, 7) is 0. The zero-order valence-electron chi connectivity index (χ0n) is 9.95. The molecule has 0 aliphatic heterocycles. The summed E-state index contributed by atoms with van der Waals surface area (Å²) in [4.78, 5) is 27.2. The molecule has 0 bridgehead atoms. The van der Waals surface area contributed by atoms with E-state index in [1.165, 1.54) is 41.6 Å². The number of carboxylic acid groups (broad SMARTS) is 1. The number of carbonyl (C=O) groups is 2. The van der Waals surface area contributed by atoms with Gasteiger partial charge in [0.05, 0.1) is 9.13 Å². The number of Topliss-reactive ketones (excluding diaryl/α,β-unsaturated/α-hetero) is 1. The number of halogens is 3. The third-order valence-corrected chi connectivity index (χ3v) is 2.75. The van der Waals surface area contributed by atoms with Crippen molar-refractivity contribution in [1.82, 2.24) is 9.88 Å². The van der Waals surface area contributed by atoms with E-state index in [4.69, 9.17) is 5.11 Å². The van der Waals surface area contributed by atoms with Gasteiger partial charge in [0.25, 0.3) is 0 Å². The van der Waals surface area contributed by atoms with Crippen LogP contribution in [0.4, 0.5) is 8.78 Å². The van der Waals surface area contributed by atoms with Crippen LogP contribution in [0.5, 0.6) is 0 Å². The van der Waals surface area contributed by atoms with Gasteiger partial charge < -0.3 is 10.0 Å². The summed E-state index contributed by atoms with van der Waals surface area (Å²) >= 11 is 1.53. The van der Waals surface area contributed by atoms with Crippen LogP contribution >= 0.6 is 22.6 Å². The van der Waals surface area contributed by atoms with Gasteiger partial charge in [-0.1, -0.05) is 0 Å². The van der Waals surface area contributed by atoms with Crippen molar-refractivity contribution < 1.29 is 23.5 Å². The van der Waals surface area contributed by atoms with Gasteiger partial charge in [0, 0.05) is 20.3 Å². The summed E-state index contributed by atoms with van der Waals surface area (Å²) in [6.07, 6.45) is 1.04. The number of carbonyl (C=O) groups excluding carboxylic acids is 1. The van der Waals surface area contributed by atoms with Crippen molar-refractivity contribution in [2.45, 2.75) is 0 Å². The van der Waals surface area contributed by atoms with Gasteiger partial charge in [0.1, 0.15) is 5.57 Å². The molecule has 1 rings (SSSR count). The summed E-state index contributed by atoms with van der Waals surface area (Å²) in [5.74, 6) is -4.96. The average molecular weight is 382 g/mol. The van der Waals surface area contributed by atoms with E-state index in [9.17, 15) is 18.4 Å². The third kappa shape index (κ3) is 3.69. The zero-order chi connectivity index (χ0) is 14.7. The second-order valence-corrected chi connectivity index (χ2v) is 4.90. The van der Waals surface area contributed by atoms with E-state index in [-0.39, 0.29) is 3.57 Å². The lowest BCUT2D eigenvalue weighted by molar-refractivity contribution is -0.132. The molecule has 0 saturated carbocycles. The number of hydrogen-bond donors (Lipinski definition) is 1. The molecule has 1 aromatic rings.